The first-order valence-electron chi connectivity index (χ1n) is 6.01. The van der Waals surface area contributed by atoms with Gasteiger partial charge in [0.1, 0.15) is 17.3 Å². The average Bonchev–Trinajstić information content (AvgIpc) is 2.46. The molecule has 0 saturated heterocycles. The highest BCUT2D eigenvalue weighted by Crippen LogP contribution is 2.30. The Morgan fingerprint density at radius 2 is 1.62 bits per heavy atom. The van der Waals surface area contributed by atoms with E-state index in [1.54, 1.807) is 18.2 Å². The summed E-state index contributed by atoms with van der Waals surface area (Å²) in [5.74, 6) is -3.41. The van der Waals surface area contributed by atoms with Crippen LogP contribution in [0.5, 0.6) is 0 Å². The molecule has 0 radical (unpaired) electrons. The van der Waals surface area contributed by atoms with E-state index in [1.165, 1.54) is 12.1 Å². The topological polar surface area (TPSA) is 57.6 Å². The second-order valence-corrected chi connectivity index (χ2v) is 4.23. The van der Waals surface area contributed by atoms with Crippen molar-refractivity contribution in [3.05, 3.63) is 65.7 Å². The first-order chi connectivity index (χ1) is 10.1. The Hall–Kier alpha value is -2.76. The minimum Gasteiger partial charge on any atom is -0.479 e. The number of carbonyl (C=O) groups is 2. The van der Waals surface area contributed by atoms with Crippen molar-refractivity contribution in [2.75, 3.05) is 4.90 Å². The Kier molecular flexibility index (Phi) is 4.27. The molecule has 0 heterocycles. The van der Waals surface area contributed by atoms with Crippen LogP contribution in [0.3, 0.4) is 0 Å². The standard InChI is InChI=1S/C15H11F2NO3/c16-11-7-4-8-12(17)14(11)18(9-19)13(15(20)21)10-5-2-1-3-6-10/h1-9,13H,(H,20,21). The molecule has 0 aliphatic rings. The summed E-state index contributed by atoms with van der Waals surface area (Å²) in [6, 6.07) is 9.28. The number of carboxylic acid groups (broad SMARTS) is 1. The molecule has 1 atom stereocenters. The molecule has 21 heavy (non-hydrogen) atoms. The SMILES string of the molecule is O=CN(c1c(F)cccc1F)C(C(=O)O)c1ccccc1. The molecule has 4 nitrogen and oxygen atoms in total. The van der Waals surface area contributed by atoms with Crippen LogP contribution in [0.15, 0.2) is 48.5 Å². The van der Waals surface area contributed by atoms with E-state index in [-0.39, 0.29) is 12.0 Å². The number of amides is 1. The minimum absolute atomic E-state index is 0.104. The summed E-state index contributed by atoms with van der Waals surface area (Å²) in [5.41, 5.74) is -0.455. The molecule has 0 aliphatic carbocycles. The molecule has 6 heteroatoms. The van der Waals surface area contributed by atoms with Crippen molar-refractivity contribution in [3.63, 3.8) is 0 Å². The first kappa shape index (κ1) is 14.6. The Balaban J connectivity index is 2.57. The molecule has 0 saturated carbocycles. The molecule has 1 amide bonds. The number of carboxylic acids is 1. The van der Waals surface area contributed by atoms with E-state index >= 15 is 0 Å². The van der Waals surface area contributed by atoms with E-state index in [1.807, 2.05) is 0 Å². The van der Waals surface area contributed by atoms with Gasteiger partial charge in [0.05, 0.1) is 0 Å². The summed E-state index contributed by atoms with van der Waals surface area (Å²) in [6.45, 7) is 0. The molecule has 108 valence electrons. The molecule has 0 spiro atoms. The van der Waals surface area contributed by atoms with Crippen molar-refractivity contribution < 1.29 is 23.5 Å². The van der Waals surface area contributed by atoms with Crippen LogP contribution in [0.25, 0.3) is 0 Å². The highest BCUT2D eigenvalue weighted by atomic mass is 19.1. The lowest BCUT2D eigenvalue weighted by atomic mass is 10.0. The van der Waals surface area contributed by atoms with Gasteiger partial charge < -0.3 is 5.11 Å². The molecule has 0 aliphatic heterocycles. The second kappa shape index (κ2) is 6.13. The summed E-state index contributed by atoms with van der Waals surface area (Å²) in [6.07, 6.45) is 0.104. The Morgan fingerprint density at radius 3 is 2.10 bits per heavy atom. The maximum absolute atomic E-state index is 13.8. The number of para-hydroxylation sites is 1. The van der Waals surface area contributed by atoms with Crippen molar-refractivity contribution in [2.24, 2.45) is 0 Å². The van der Waals surface area contributed by atoms with Crippen molar-refractivity contribution in [1.82, 2.24) is 0 Å². The zero-order valence-electron chi connectivity index (χ0n) is 10.7. The predicted molar refractivity (Wildman–Crippen MR) is 71.7 cm³/mol. The fourth-order valence-corrected chi connectivity index (χ4v) is 2.04. The van der Waals surface area contributed by atoms with Crippen LogP contribution in [0.4, 0.5) is 14.5 Å². The maximum atomic E-state index is 13.8. The average molecular weight is 291 g/mol. The molecular formula is C15H11F2NO3. The molecule has 2 rings (SSSR count). The van der Waals surface area contributed by atoms with Crippen LogP contribution >= 0.6 is 0 Å². The van der Waals surface area contributed by atoms with Gasteiger partial charge >= 0.3 is 5.97 Å². The lowest BCUT2D eigenvalue weighted by molar-refractivity contribution is -0.139. The predicted octanol–water partition coefficient (Wildman–Crippen LogP) is 2.75. The van der Waals surface area contributed by atoms with Gasteiger partial charge in [-0.3, -0.25) is 9.69 Å². The van der Waals surface area contributed by atoms with Crippen LogP contribution in [0.1, 0.15) is 11.6 Å². The Morgan fingerprint density at radius 1 is 1.05 bits per heavy atom. The molecule has 2 aromatic rings. The van der Waals surface area contributed by atoms with Crippen LogP contribution < -0.4 is 4.90 Å². The van der Waals surface area contributed by atoms with Crippen molar-refractivity contribution in [3.8, 4) is 0 Å². The van der Waals surface area contributed by atoms with Gasteiger partial charge in [0.15, 0.2) is 6.04 Å². The molecule has 0 bridgehead atoms. The van der Waals surface area contributed by atoms with E-state index in [4.69, 9.17) is 0 Å². The highest BCUT2D eigenvalue weighted by molar-refractivity contribution is 5.89. The summed E-state index contributed by atoms with van der Waals surface area (Å²) >= 11 is 0. The number of rotatable bonds is 5. The number of nitrogens with zero attached hydrogens (tertiary/aromatic N) is 1. The van der Waals surface area contributed by atoms with Gasteiger partial charge in [-0.05, 0) is 17.7 Å². The fourth-order valence-electron chi connectivity index (χ4n) is 2.04. The third-order valence-corrected chi connectivity index (χ3v) is 2.94. The van der Waals surface area contributed by atoms with Crippen LogP contribution in [0.2, 0.25) is 0 Å². The highest BCUT2D eigenvalue weighted by Gasteiger charge is 2.31. The normalized spacial score (nSPS) is 11.7. The zero-order valence-corrected chi connectivity index (χ0v) is 10.7. The van der Waals surface area contributed by atoms with E-state index < -0.39 is 29.3 Å². The summed E-state index contributed by atoms with van der Waals surface area (Å²) in [7, 11) is 0. The third-order valence-electron chi connectivity index (χ3n) is 2.94. The number of aliphatic carboxylic acids is 1. The number of halogens is 2. The molecule has 1 N–H and O–H groups in total. The molecule has 0 aromatic heterocycles. The number of hydrogen-bond donors (Lipinski definition) is 1. The van der Waals surface area contributed by atoms with Crippen molar-refractivity contribution in [2.45, 2.75) is 6.04 Å². The van der Waals surface area contributed by atoms with Crippen molar-refractivity contribution in [1.29, 1.82) is 0 Å². The fraction of sp³-hybridized carbons (Fsp3) is 0.0667. The Bertz CT molecular complexity index is 641. The van der Waals surface area contributed by atoms with Gasteiger partial charge in [0.25, 0.3) is 0 Å². The number of hydrogen-bond acceptors (Lipinski definition) is 2. The quantitative estimate of drug-likeness (QED) is 0.862. The Labute approximate surface area is 119 Å². The summed E-state index contributed by atoms with van der Waals surface area (Å²) in [5, 5.41) is 9.33. The molecule has 1 unspecified atom stereocenters. The first-order valence-corrected chi connectivity index (χ1v) is 6.01. The lowest BCUT2D eigenvalue weighted by Crippen LogP contribution is -2.34. The van der Waals surface area contributed by atoms with Gasteiger partial charge in [-0.15, -0.1) is 0 Å². The zero-order chi connectivity index (χ0) is 15.4. The minimum atomic E-state index is -1.52. The van der Waals surface area contributed by atoms with E-state index in [2.05, 4.69) is 0 Å². The summed E-state index contributed by atoms with van der Waals surface area (Å²) < 4.78 is 27.6. The van der Waals surface area contributed by atoms with Crippen molar-refractivity contribution >= 4 is 18.1 Å². The second-order valence-electron chi connectivity index (χ2n) is 4.23. The van der Waals surface area contributed by atoms with Gasteiger partial charge in [-0.1, -0.05) is 36.4 Å². The molecule has 0 fully saturated rings. The third kappa shape index (κ3) is 2.89. The monoisotopic (exact) mass is 291 g/mol. The number of anilines is 1. The lowest BCUT2D eigenvalue weighted by Gasteiger charge is -2.26. The van der Waals surface area contributed by atoms with Gasteiger partial charge in [0, 0.05) is 0 Å². The van der Waals surface area contributed by atoms with Gasteiger partial charge in [-0.25, -0.2) is 13.6 Å². The molecular weight excluding hydrogens is 280 g/mol. The van der Waals surface area contributed by atoms with E-state index in [0.717, 1.165) is 18.2 Å². The van der Waals surface area contributed by atoms with E-state index in [0.29, 0.717) is 4.90 Å². The largest absolute Gasteiger partial charge is 0.479 e. The van der Waals surface area contributed by atoms with Crippen LogP contribution in [-0.4, -0.2) is 17.5 Å². The van der Waals surface area contributed by atoms with Crippen LogP contribution in [0, 0.1) is 11.6 Å². The number of carbonyl (C=O) groups excluding carboxylic acids is 1. The smallest absolute Gasteiger partial charge is 0.331 e. The van der Waals surface area contributed by atoms with Crippen LogP contribution in [-0.2, 0) is 9.59 Å². The van der Waals surface area contributed by atoms with E-state index in [9.17, 15) is 23.5 Å². The maximum Gasteiger partial charge on any atom is 0.331 e. The van der Waals surface area contributed by atoms with Gasteiger partial charge in [-0.2, -0.15) is 0 Å². The summed E-state index contributed by atoms with van der Waals surface area (Å²) in [4.78, 5) is 23.2. The number of benzene rings is 2. The van der Waals surface area contributed by atoms with Gasteiger partial charge in [0.2, 0.25) is 6.41 Å². The molecule has 2 aromatic carbocycles.